The van der Waals surface area contributed by atoms with E-state index < -0.39 is 5.60 Å². The second kappa shape index (κ2) is 5.98. The molecule has 0 heterocycles. The molecule has 0 bridgehead atoms. The normalized spacial score (nSPS) is 11.9. The zero-order valence-electron chi connectivity index (χ0n) is 9.54. The number of aliphatic hydroxyl groups is 1. The van der Waals surface area contributed by atoms with Crippen molar-refractivity contribution in [3.8, 4) is 0 Å². The van der Waals surface area contributed by atoms with Gasteiger partial charge in [-0.25, -0.2) is 0 Å². The van der Waals surface area contributed by atoms with E-state index in [1.807, 2.05) is 32.6 Å². The number of ether oxygens (including phenoxy) is 1. The van der Waals surface area contributed by atoms with Gasteiger partial charge in [0.1, 0.15) is 5.60 Å². The summed E-state index contributed by atoms with van der Waals surface area (Å²) < 4.78 is 5.15. The molecule has 0 fully saturated rings. The fraction of sp³-hybridized carbons (Fsp3) is 0.900. The van der Waals surface area contributed by atoms with Crippen LogP contribution in [0, 0.1) is 0 Å². The smallest absolute Gasteiger partial charge is 0.320 e. The first-order valence-electron chi connectivity index (χ1n) is 4.94. The van der Waals surface area contributed by atoms with Crippen molar-refractivity contribution in [2.24, 2.45) is 0 Å². The van der Waals surface area contributed by atoms with Gasteiger partial charge >= 0.3 is 5.97 Å². The number of likely N-dealkylation sites (N-methyl/N-ethyl adjacent to an activating group) is 1. The second-order valence-electron chi connectivity index (χ2n) is 4.18. The van der Waals surface area contributed by atoms with E-state index in [0.717, 1.165) is 6.54 Å². The van der Waals surface area contributed by atoms with Crippen LogP contribution in [0.25, 0.3) is 0 Å². The van der Waals surface area contributed by atoms with Crippen molar-refractivity contribution in [2.75, 3.05) is 26.2 Å². The molecule has 14 heavy (non-hydrogen) atoms. The highest BCUT2D eigenvalue weighted by Crippen LogP contribution is 2.07. The van der Waals surface area contributed by atoms with Gasteiger partial charge < -0.3 is 9.84 Å². The van der Waals surface area contributed by atoms with Gasteiger partial charge in [0.25, 0.3) is 0 Å². The van der Waals surface area contributed by atoms with Gasteiger partial charge in [-0.2, -0.15) is 0 Å². The monoisotopic (exact) mass is 203 g/mol. The number of aliphatic hydroxyl groups excluding tert-OH is 1. The van der Waals surface area contributed by atoms with E-state index in [0.29, 0.717) is 6.54 Å². The zero-order chi connectivity index (χ0) is 11.2. The summed E-state index contributed by atoms with van der Waals surface area (Å²) in [7, 11) is 0. The largest absolute Gasteiger partial charge is 0.459 e. The molecule has 0 unspecified atom stereocenters. The van der Waals surface area contributed by atoms with Crippen molar-refractivity contribution in [2.45, 2.75) is 33.3 Å². The standard InChI is InChI=1S/C10H21NO3/c1-5-11(6-7-12)8-9(13)14-10(2,3)4/h12H,5-8H2,1-4H3. The molecule has 0 radical (unpaired) electrons. The van der Waals surface area contributed by atoms with Gasteiger partial charge in [-0.3, -0.25) is 9.69 Å². The fourth-order valence-electron chi connectivity index (χ4n) is 1.05. The molecule has 0 amide bonds. The third-order valence-electron chi connectivity index (χ3n) is 1.64. The van der Waals surface area contributed by atoms with Gasteiger partial charge in [0.15, 0.2) is 0 Å². The summed E-state index contributed by atoms with van der Waals surface area (Å²) in [5, 5.41) is 8.72. The minimum Gasteiger partial charge on any atom is -0.459 e. The lowest BCUT2D eigenvalue weighted by Crippen LogP contribution is -2.36. The summed E-state index contributed by atoms with van der Waals surface area (Å²) >= 11 is 0. The van der Waals surface area contributed by atoms with E-state index in [-0.39, 0.29) is 19.1 Å². The zero-order valence-corrected chi connectivity index (χ0v) is 9.54. The van der Waals surface area contributed by atoms with Crippen LogP contribution in [-0.4, -0.2) is 47.8 Å². The number of carbonyl (C=O) groups is 1. The van der Waals surface area contributed by atoms with Gasteiger partial charge in [-0.1, -0.05) is 6.92 Å². The average molecular weight is 203 g/mol. The Kier molecular flexibility index (Phi) is 5.72. The van der Waals surface area contributed by atoms with Gasteiger partial charge in [0, 0.05) is 6.54 Å². The Morgan fingerprint density at radius 1 is 1.43 bits per heavy atom. The highest BCUT2D eigenvalue weighted by Gasteiger charge is 2.17. The predicted octanol–water partition coefficient (Wildman–Crippen LogP) is 0.642. The van der Waals surface area contributed by atoms with Crippen molar-refractivity contribution >= 4 is 5.97 Å². The van der Waals surface area contributed by atoms with Crippen molar-refractivity contribution in [3.05, 3.63) is 0 Å². The average Bonchev–Trinajstić information content (AvgIpc) is 2.00. The Balaban J connectivity index is 3.91. The number of hydrogen-bond donors (Lipinski definition) is 1. The van der Waals surface area contributed by atoms with Crippen LogP contribution >= 0.6 is 0 Å². The number of nitrogens with zero attached hydrogens (tertiary/aromatic N) is 1. The second-order valence-corrected chi connectivity index (χ2v) is 4.18. The first-order chi connectivity index (χ1) is 6.39. The Hall–Kier alpha value is -0.610. The fourth-order valence-corrected chi connectivity index (χ4v) is 1.05. The number of carbonyl (C=O) groups excluding carboxylic acids is 1. The van der Waals surface area contributed by atoms with Gasteiger partial charge in [-0.15, -0.1) is 0 Å². The molecule has 4 heteroatoms. The van der Waals surface area contributed by atoms with Crippen molar-refractivity contribution < 1.29 is 14.6 Å². The summed E-state index contributed by atoms with van der Waals surface area (Å²) in [6, 6.07) is 0. The number of rotatable bonds is 5. The molecule has 0 spiro atoms. The van der Waals surface area contributed by atoms with Crippen molar-refractivity contribution in [3.63, 3.8) is 0 Å². The minimum atomic E-state index is -0.435. The van der Waals surface area contributed by atoms with Gasteiger partial charge in [0.2, 0.25) is 0 Å². The maximum Gasteiger partial charge on any atom is 0.320 e. The molecule has 0 aromatic carbocycles. The van der Waals surface area contributed by atoms with Crippen LogP contribution in [0.1, 0.15) is 27.7 Å². The summed E-state index contributed by atoms with van der Waals surface area (Å²) in [5.41, 5.74) is -0.435. The molecule has 0 saturated carbocycles. The quantitative estimate of drug-likeness (QED) is 0.666. The molecule has 0 saturated heterocycles. The first kappa shape index (κ1) is 13.4. The lowest BCUT2D eigenvalue weighted by molar-refractivity contribution is -0.156. The Morgan fingerprint density at radius 2 is 2.00 bits per heavy atom. The lowest BCUT2D eigenvalue weighted by atomic mass is 10.2. The highest BCUT2D eigenvalue weighted by molar-refractivity contribution is 5.72. The summed E-state index contributed by atoms with van der Waals surface area (Å²) in [6.45, 7) is 9.02. The molecule has 0 aromatic rings. The van der Waals surface area contributed by atoms with Crippen LogP contribution in [0.3, 0.4) is 0 Å². The molecule has 0 aliphatic rings. The topological polar surface area (TPSA) is 49.8 Å². The number of esters is 1. The van der Waals surface area contributed by atoms with E-state index in [4.69, 9.17) is 9.84 Å². The predicted molar refractivity (Wildman–Crippen MR) is 55.0 cm³/mol. The summed E-state index contributed by atoms with van der Waals surface area (Å²) in [4.78, 5) is 13.2. The van der Waals surface area contributed by atoms with E-state index >= 15 is 0 Å². The molecule has 0 aliphatic carbocycles. The van der Waals surface area contributed by atoms with E-state index in [2.05, 4.69) is 0 Å². The van der Waals surface area contributed by atoms with Crippen LogP contribution in [0.4, 0.5) is 0 Å². The third-order valence-corrected chi connectivity index (χ3v) is 1.64. The maximum absolute atomic E-state index is 11.4. The lowest BCUT2D eigenvalue weighted by Gasteiger charge is -2.23. The van der Waals surface area contributed by atoms with E-state index in [1.54, 1.807) is 0 Å². The molecule has 0 rings (SSSR count). The molecule has 0 aliphatic heterocycles. The molecule has 4 nitrogen and oxygen atoms in total. The molecule has 1 N–H and O–H groups in total. The summed E-state index contributed by atoms with van der Waals surface area (Å²) in [5.74, 6) is -0.243. The maximum atomic E-state index is 11.4. The van der Waals surface area contributed by atoms with Crippen LogP contribution in [0.15, 0.2) is 0 Å². The SMILES string of the molecule is CCN(CCO)CC(=O)OC(C)(C)C. The van der Waals surface area contributed by atoms with Crippen LogP contribution < -0.4 is 0 Å². The number of hydrogen-bond acceptors (Lipinski definition) is 4. The molecular weight excluding hydrogens is 182 g/mol. The Labute approximate surface area is 85.9 Å². The molecule has 0 aromatic heterocycles. The van der Waals surface area contributed by atoms with Crippen LogP contribution in [0.2, 0.25) is 0 Å². The third kappa shape index (κ3) is 6.86. The summed E-state index contributed by atoms with van der Waals surface area (Å²) in [6.07, 6.45) is 0. The van der Waals surface area contributed by atoms with E-state index in [9.17, 15) is 4.79 Å². The Bertz CT molecular complexity index is 175. The minimum absolute atomic E-state index is 0.0661. The van der Waals surface area contributed by atoms with Crippen LogP contribution in [-0.2, 0) is 9.53 Å². The molecule has 0 atom stereocenters. The van der Waals surface area contributed by atoms with Crippen molar-refractivity contribution in [1.82, 2.24) is 4.90 Å². The van der Waals surface area contributed by atoms with Gasteiger partial charge in [0.05, 0.1) is 13.2 Å². The highest BCUT2D eigenvalue weighted by atomic mass is 16.6. The Morgan fingerprint density at radius 3 is 2.36 bits per heavy atom. The van der Waals surface area contributed by atoms with Gasteiger partial charge in [-0.05, 0) is 27.3 Å². The molecular formula is C10H21NO3. The van der Waals surface area contributed by atoms with Crippen LogP contribution in [0.5, 0.6) is 0 Å². The molecule has 84 valence electrons. The first-order valence-corrected chi connectivity index (χ1v) is 4.94. The van der Waals surface area contributed by atoms with Crippen molar-refractivity contribution in [1.29, 1.82) is 0 Å². The van der Waals surface area contributed by atoms with E-state index in [1.165, 1.54) is 0 Å².